The minimum atomic E-state index is 0.0350. The first kappa shape index (κ1) is 12.8. The van der Waals surface area contributed by atoms with E-state index < -0.39 is 0 Å². The zero-order chi connectivity index (χ0) is 12.3. The van der Waals surface area contributed by atoms with Crippen LogP contribution in [-0.4, -0.2) is 23.9 Å². The lowest BCUT2D eigenvalue weighted by atomic mass is 10.2. The van der Waals surface area contributed by atoms with Gasteiger partial charge >= 0.3 is 0 Å². The zero-order valence-corrected chi connectivity index (χ0v) is 11.3. The molecule has 0 bridgehead atoms. The van der Waals surface area contributed by atoms with Crippen molar-refractivity contribution in [2.45, 2.75) is 30.6 Å². The molecular formula is C13H16ClNOS. The monoisotopic (exact) mass is 269 g/mol. The summed E-state index contributed by atoms with van der Waals surface area (Å²) in [5.74, 6) is 0.0350. The van der Waals surface area contributed by atoms with E-state index in [-0.39, 0.29) is 5.91 Å². The number of halogens is 1. The summed E-state index contributed by atoms with van der Waals surface area (Å²) in [7, 11) is 0. The Balaban J connectivity index is 2.20. The number of amides is 1. The molecule has 0 saturated carbocycles. The maximum atomic E-state index is 12.3. The van der Waals surface area contributed by atoms with Crippen molar-refractivity contribution in [3.8, 4) is 0 Å². The maximum absolute atomic E-state index is 12.3. The van der Waals surface area contributed by atoms with Crippen molar-refractivity contribution in [3.63, 3.8) is 0 Å². The van der Waals surface area contributed by atoms with Crippen LogP contribution in [0.2, 0.25) is 5.02 Å². The lowest BCUT2D eigenvalue weighted by Crippen LogP contribution is -2.32. The molecule has 0 radical (unpaired) electrons. The molecule has 1 aromatic carbocycles. The Labute approximate surface area is 112 Å². The number of carbonyl (C=O) groups excluding carboxylic acids is 1. The van der Waals surface area contributed by atoms with Crippen molar-refractivity contribution < 1.29 is 4.79 Å². The predicted molar refractivity (Wildman–Crippen MR) is 73.1 cm³/mol. The Morgan fingerprint density at radius 1 is 1.18 bits per heavy atom. The summed E-state index contributed by atoms with van der Waals surface area (Å²) in [5.41, 5.74) is 0.570. The van der Waals surface area contributed by atoms with Gasteiger partial charge in [-0.05, 0) is 31.0 Å². The molecule has 2 rings (SSSR count). The second-order valence-corrected chi connectivity index (χ2v) is 5.29. The van der Waals surface area contributed by atoms with Gasteiger partial charge in [-0.25, -0.2) is 0 Å². The van der Waals surface area contributed by atoms with Crippen molar-refractivity contribution in [2.75, 3.05) is 13.1 Å². The summed E-state index contributed by atoms with van der Waals surface area (Å²) < 4.78 is 0. The summed E-state index contributed by atoms with van der Waals surface area (Å²) in [5, 5.41) is 0.511. The molecule has 1 heterocycles. The van der Waals surface area contributed by atoms with Crippen LogP contribution >= 0.6 is 24.2 Å². The highest BCUT2D eigenvalue weighted by Crippen LogP contribution is 2.22. The third-order valence-electron chi connectivity index (χ3n) is 3.07. The zero-order valence-electron chi connectivity index (χ0n) is 9.66. The summed E-state index contributed by atoms with van der Waals surface area (Å²) >= 11 is 10.3. The van der Waals surface area contributed by atoms with Crippen LogP contribution in [0.15, 0.2) is 23.1 Å². The molecule has 2 nitrogen and oxygen atoms in total. The molecule has 0 N–H and O–H groups in total. The maximum Gasteiger partial charge on any atom is 0.255 e. The van der Waals surface area contributed by atoms with E-state index in [0.717, 1.165) is 30.8 Å². The first-order valence-electron chi connectivity index (χ1n) is 5.96. The molecule has 1 aliphatic heterocycles. The Morgan fingerprint density at radius 3 is 2.47 bits per heavy atom. The standard InChI is InChI=1S/C13H16ClNOS/c14-12-6-5-10(17)9-11(12)13(16)15-7-3-1-2-4-8-15/h5-6,9,17H,1-4,7-8H2. The van der Waals surface area contributed by atoms with Crippen LogP contribution < -0.4 is 0 Å². The second kappa shape index (κ2) is 5.78. The van der Waals surface area contributed by atoms with E-state index in [2.05, 4.69) is 12.6 Å². The molecule has 1 saturated heterocycles. The molecule has 0 atom stereocenters. The largest absolute Gasteiger partial charge is 0.339 e. The molecule has 1 amide bonds. The molecule has 4 heteroatoms. The topological polar surface area (TPSA) is 20.3 Å². The average Bonchev–Trinajstić information content (AvgIpc) is 2.60. The summed E-state index contributed by atoms with van der Waals surface area (Å²) in [6, 6.07) is 5.28. The second-order valence-electron chi connectivity index (χ2n) is 4.37. The molecule has 1 aromatic rings. The van der Waals surface area contributed by atoms with Crippen molar-refractivity contribution in [1.82, 2.24) is 4.90 Å². The number of likely N-dealkylation sites (tertiary alicyclic amines) is 1. The van der Waals surface area contributed by atoms with E-state index in [4.69, 9.17) is 11.6 Å². The van der Waals surface area contributed by atoms with Crippen LogP contribution in [0, 0.1) is 0 Å². The SMILES string of the molecule is O=C(c1cc(S)ccc1Cl)N1CCCCCC1. The van der Waals surface area contributed by atoms with E-state index in [0.29, 0.717) is 10.6 Å². The van der Waals surface area contributed by atoms with Crippen LogP contribution in [0.5, 0.6) is 0 Å². The van der Waals surface area contributed by atoms with E-state index in [9.17, 15) is 4.79 Å². The van der Waals surface area contributed by atoms with Gasteiger partial charge in [0.1, 0.15) is 0 Å². The fourth-order valence-corrected chi connectivity index (χ4v) is 2.52. The van der Waals surface area contributed by atoms with Crippen LogP contribution in [0.4, 0.5) is 0 Å². The fraction of sp³-hybridized carbons (Fsp3) is 0.462. The molecule has 1 aliphatic rings. The van der Waals surface area contributed by atoms with Crippen LogP contribution in [0.25, 0.3) is 0 Å². The van der Waals surface area contributed by atoms with Crippen LogP contribution in [-0.2, 0) is 0 Å². The number of hydrogen-bond acceptors (Lipinski definition) is 2. The quantitative estimate of drug-likeness (QED) is 0.772. The third-order valence-corrected chi connectivity index (χ3v) is 3.68. The van der Waals surface area contributed by atoms with Gasteiger partial charge in [0, 0.05) is 18.0 Å². The lowest BCUT2D eigenvalue weighted by molar-refractivity contribution is 0.0761. The molecule has 1 fully saturated rings. The van der Waals surface area contributed by atoms with Gasteiger partial charge in [-0.1, -0.05) is 24.4 Å². The van der Waals surface area contributed by atoms with Crippen LogP contribution in [0.3, 0.4) is 0 Å². The van der Waals surface area contributed by atoms with Crippen molar-refractivity contribution in [2.24, 2.45) is 0 Å². The molecule has 0 aromatic heterocycles. The van der Waals surface area contributed by atoms with E-state index in [1.807, 2.05) is 4.90 Å². The van der Waals surface area contributed by atoms with Gasteiger partial charge in [0.25, 0.3) is 5.91 Å². The highest BCUT2D eigenvalue weighted by atomic mass is 35.5. The summed E-state index contributed by atoms with van der Waals surface area (Å²) in [6.07, 6.45) is 4.60. The van der Waals surface area contributed by atoms with Gasteiger partial charge < -0.3 is 4.90 Å². The Bertz CT molecular complexity index is 414. The molecular weight excluding hydrogens is 254 g/mol. The van der Waals surface area contributed by atoms with Gasteiger partial charge in [-0.3, -0.25) is 4.79 Å². The number of nitrogens with zero attached hydrogens (tertiary/aromatic N) is 1. The minimum Gasteiger partial charge on any atom is -0.339 e. The van der Waals surface area contributed by atoms with Crippen molar-refractivity contribution in [3.05, 3.63) is 28.8 Å². The van der Waals surface area contributed by atoms with Gasteiger partial charge in [-0.2, -0.15) is 0 Å². The number of thiol groups is 1. The van der Waals surface area contributed by atoms with Crippen molar-refractivity contribution >= 4 is 30.1 Å². The average molecular weight is 270 g/mol. The van der Waals surface area contributed by atoms with Crippen LogP contribution in [0.1, 0.15) is 36.0 Å². The number of rotatable bonds is 1. The highest BCUT2D eigenvalue weighted by Gasteiger charge is 2.19. The van der Waals surface area contributed by atoms with Gasteiger partial charge in [-0.15, -0.1) is 12.6 Å². The van der Waals surface area contributed by atoms with Gasteiger partial charge in [0.2, 0.25) is 0 Å². The van der Waals surface area contributed by atoms with Crippen molar-refractivity contribution in [1.29, 1.82) is 0 Å². The predicted octanol–water partition coefficient (Wildman–Crippen LogP) is 3.64. The highest BCUT2D eigenvalue weighted by molar-refractivity contribution is 7.80. The van der Waals surface area contributed by atoms with Gasteiger partial charge in [0.15, 0.2) is 0 Å². The first-order chi connectivity index (χ1) is 8.18. The Hall–Kier alpha value is -0.670. The molecule has 0 aliphatic carbocycles. The van der Waals surface area contributed by atoms with E-state index >= 15 is 0 Å². The third kappa shape index (κ3) is 3.17. The normalized spacial score (nSPS) is 16.7. The summed E-state index contributed by atoms with van der Waals surface area (Å²) in [4.78, 5) is 15.0. The Kier molecular flexibility index (Phi) is 4.35. The fourth-order valence-electron chi connectivity index (χ4n) is 2.12. The smallest absolute Gasteiger partial charge is 0.255 e. The molecule has 0 spiro atoms. The minimum absolute atomic E-state index is 0.0350. The molecule has 92 valence electrons. The Morgan fingerprint density at radius 2 is 1.82 bits per heavy atom. The molecule has 17 heavy (non-hydrogen) atoms. The number of carbonyl (C=O) groups is 1. The molecule has 0 unspecified atom stereocenters. The van der Waals surface area contributed by atoms with E-state index in [1.54, 1.807) is 18.2 Å². The number of benzene rings is 1. The first-order valence-corrected chi connectivity index (χ1v) is 6.79. The number of hydrogen-bond donors (Lipinski definition) is 1. The van der Waals surface area contributed by atoms with E-state index in [1.165, 1.54) is 12.8 Å². The van der Waals surface area contributed by atoms with Gasteiger partial charge in [0.05, 0.1) is 10.6 Å². The lowest BCUT2D eigenvalue weighted by Gasteiger charge is -2.21. The summed E-state index contributed by atoms with van der Waals surface area (Å²) in [6.45, 7) is 1.68.